The molecule has 0 atom stereocenters. The molecular formula is C13H20Cl2N2O. The van der Waals surface area contributed by atoms with Crippen molar-refractivity contribution in [2.45, 2.75) is 13.0 Å². The zero-order chi connectivity index (χ0) is 10.8. The van der Waals surface area contributed by atoms with E-state index in [1.807, 2.05) is 0 Å². The fraction of sp³-hybridized carbons (Fsp3) is 0.538. The lowest BCUT2D eigenvalue weighted by molar-refractivity contribution is 0.233. The predicted molar refractivity (Wildman–Crippen MR) is 78.3 cm³/mol. The highest BCUT2D eigenvalue weighted by Crippen LogP contribution is 2.26. The molecule has 2 aliphatic rings. The summed E-state index contributed by atoms with van der Waals surface area (Å²) in [5, 5.41) is 3.38. The van der Waals surface area contributed by atoms with E-state index in [2.05, 4.69) is 28.4 Å². The molecule has 0 bridgehead atoms. The molecule has 1 saturated heterocycles. The largest absolute Gasteiger partial charge is 0.493 e. The van der Waals surface area contributed by atoms with Gasteiger partial charge in [0.15, 0.2) is 0 Å². The summed E-state index contributed by atoms with van der Waals surface area (Å²) in [6, 6.07) is 6.64. The molecule has 3 nitrogen and oxygen atoms in total. The van der Waals surface area contributed by atoms with E-state index in [0.29, 0.717) is 0 Å². The summed E-state index contributed by atoms with van der Waals surface area (Å²) >= 11 is 0. The van der Waals surface area contributed by atoms with Gasteiger partial charge in [-0.2, -0.15) is 0 Å². The van der Waals surface area contributed by atoms with Crippen molar-refractivity contribution in [2.75, 3.05) is 32.8 Å². The van der Waals surface area contributed by atoms with Crippen molar-refractivity contribution in [3.63, 3.8) is 0 Å². The van der Waals surface area contributed by atoms with Gasteiger partial charge in [0.2, 0.25) is 0 Å². The number of hydrogen-bond donors (Lipinski definition) is 1. The van der Waals surface area contributed by atoms with E-state index in [0.717, 1.165) is 51.5 Å². The van der Waals surface area contributed by atoms with Crippen LogP contribution in [0.25, 0.3) is 0 Å². The molecule has 102 valence electrons. The third-order valence-corrected chi connectivity index (χ3v) is 3.37. The van der Waals surface area contributed by atoms with Crippen LogP contribution in [-0.4, -0.2) is 37.7 Å². The molecule has 0 saturated carbocycles. The van der Waals surface area contributed by atoms with E-state index in [4.69, 9.17) is 4.74 Å². The Balaban J connectivity index is 0.000000810. The summed E-state index contributed by atoms with van der Waals surface area (Å²) in [4.78, 5) is 2.51. The minimum atomic E-state index is 0. The highest BCUT2D eigenvalue weighted by Gasteiger charge is 2.14. The minimum absolute atomic E-state index is 0. The van der Waals surface area contributed by atoms with Gasteiger partial charge in [0.05, 0.1) is 6.61 Å². The first-order valence-electron chi connectivity index (χ1n) is 6.09. The van der Waals surface area contributed by atoms with Crippen LogP contribution < -0.4 is 10.1 Å². The molecule has 18 heavy (non-hydrogen) atoms. The van der Waals surface area contributed by atoms with Gasteiger partial charge in [0.25, 0.3) is 0 Å². The molecule has 1 aromatic carbocycles. The monoisotopic (exact) mass is 290 g/mol. The molecule has 1 aromatic rings. The maximum Gasteiger partial charge on any atom is 0.122 e. The van der Waals surface area contributed by atoms with Gasteiger partial charge in [0, 0.05) is 39.1 Å². The lowest BCUT2D eigenvalue weighted by atomic mass is 10.1. The Morgan fingerprint density at radius 2 is 1.94 bits per heavy atom. The van der Waals surface area contributed by atoms with E-state index in [1.54, 1.807) is 0 Å². The maximum atomic E-state index is 5.52. The minimum Gasteiger partial charge on any atom is -0.493 e. The first kappa shape index (κ1) is 15.6. The van der Waals surface area contributed by atoms with E-state index >= 15 is 0 Å². The second-order valence-corrected chi connectivity index (χ2v) is 4.57. The van der Waals surface area contributed by atoms with Crippen molar-refractivity contribution in [2.24, 2.45) is 0 Å². The highest BCUT2D eigenvalue weighted by molar-refractivity contribution is 5.85. The Labute approximate surface area is 121 Å². The number of hydrogen-bond acceptors (Lipinski definition) is 3. The van der Waals surface area contributed by atoms with Crippen LogP contribution in [0.5, 0.6) is 5.75 Å². The van der Waals surface area contributed by atoms with Crippen LogP contribution in [0.2, 0.25) is 0 Å². The average Bonchev–Trinajstić information content (AvgIpc) is 2.77. The molecule has 1 N–H and O–H groups in total. The number of halogens is 2. The standard InChI is InChI=1S/C13H18N2O.2ClH/c1-2-13-12(3-8-16-13)9-11(1)10-15-6-4-14-5-7-15;;/h1-2,9,14H,3-8,10H2;2*1H. The van der Waals surface area contributed by atoms with Gasteiger partial charge < -0.3 is 10.1 Å². The molecular weight excluding hydrogens is 271 g/mol. The van der Waals surface area contributed by atoms with E-state index < -0.39 is 0 Å². The van der Waals surface area contributed by atoms with Gasteiger partial charge in [-0.05, 0) is 17.2 Å². The van der Waals surface area contributed by atoms with Crippen LogP contribution in [0.4, 0.5) is 0 Å². The number of piperazine rings is 1. The SMILES string of the molecule is Cl.Cl.c1cc2c(cc1CN1CCNCC1)CCO2. The van der Waals surface area contributed by atoms with E-state index in [-0.39, 0.29) is 24.8 Å². The molecule has 5 heteroatoms. The quantitative estimate of drug-likeness (QED) is 0.900. The summed E-state index contributed by atoms with van der Waals surface area (Å²) in [6.45, 7) is 6.49. The van der Waals surface area contributed by atoms with Crippen molar-refractivity contribution in [3.8, 4) is 5.75 Å². The molecule has 0 aromatic heterocycles. The molecule has 3 rings (SSSR count). The van der Waals surface area contributed by atoms with Crippen molar-refractivity contribution < 1.29 is 4.74 Å². The van der Waals surface area contributed by atoms with Crippen LogP contribution in [0.3, 0.4) is 0 Å². The molecule has 1 fully saturated rings. The Morgan fingerprint density at radius 3 is 2.72 bits per heavy atom. The summed E-state index contributed by atoms with van der Waals surface area (Å²) < 4.78 is 5.52. The fourth-order valence-electron chi connectivity index (χ4n) is 2.47. The van der Waals surface area contributed by atoms with Gasteiger partial charge >= 0.3 is 0 Å². The number of nitrogens with one attached hydrogen (secondary N) is 1. The Bertz CT molecular complexity index is 381. The smallest absolute Gasteiger partial charge is 0.122 e. The zero-order valence-electron chi connectivity index (χ0n) is 10.4. The molecule has 2 aliphatic heterocycles. The number of nitrogens with zero attached hydrogens (tertiary/aromatic N) is 1. The fourth-order valence-corrected chi connectivity index (χ4v) is 2.47. The lowest BCUT2D eigenvalue weighted by Crippen LogP contribution is -2.42. The molecule has 2 heterocycles. The highest BCUT2D eigenvalue weighted by atomic mass is 35.5. The molecule has 0 spiro atoms. The van der Waals surface area contributed by atoms with Crippen LogP contribution in [-0.2, 0) is 13.0 Å². The van der Waals surface area contributed by atoms with Crippen molar-refractivity contribution in [3.05, 3.63) is 29.3 Å². The maximum absolute atomic E-state index is 5.52. The third kappa shape index (κ3) is 3.51. The van der Waals surface area contributed by atoms with Gasteiger partial charge in [0.1, 0.15) is 5.75 Å². The first-order chi connectivity index (χ1) is 7.92. The topological polar surface area (TPSA) is 24.5 Å². The Morgan fingerprint density at radius 1 is 1.17 bits per heavy atom. The van der Waals surface area contributed by atoms with Crippen molar-refractivity contribution in [1.29, 1.82) is 0 Å². The number of fused-ring (bicyclic) bond motifs is 1. The summed E-state index contributed by atoms with van der Waals surface area (Å²) in [5.41, 5.74) is 2.80. The van der Waals surface area contributed by atoms with Crippen LogP contribution in [0, 0.1) is 0 Å². The van der Waals surface area contributed by atoms with Crippen molar-refractivity contribution >= 4 is 24.8 Å². The predicted octanol–water partition coefficient (Wildman–Crippen LogP) is 1.87. The van der Waals surface area contributed by atoms with Gasteiger partial charge in [-0.15, -0.1) is 24.8 Å². The molecule has 0 radical (unpaired) electrons. The average molecular weight is 291 g/mol. The van der Waals surface area contributed by atoms with E-state index in [1.165, 1.54) is 11.1 Å². The number of rotatable bonds is 2. The third-order valence-electron chi connectivity index (χ3n) is 3.37. The van der Waals surface area contributed by atoms with Crippen molar-refractivity contribution in [1.82, 2.24) is 10.2 Å². The summed E-state index contributed by atoms with van der Waals surface area (Å²) in [6.07, 6.45) is 1.07. The Kier molecular flexibility index (Phi) is 6.22. The van der Waals surface area contributed by atoms with Gasteiger partial charge in [-0.25, -0.2) is 0 Å². The second-order valence-electron chi connectivity index (χ2n) is 4.57. The molecule has 0 unspecified atom stereocenters. The zero-order valence-corrected chi connectivity index (χ0v) is 12.0. The summed E-state index contributed by atoms with van der Waals surface area (Å²) in [5.74, 6) is 1.09. The second kappa shape index (κ2) is 7.19. The molecule has 0 aliphatic carbocycles. The normalized spacial score (nSPS) is 18.2. The number of ether oxygens (including phenoxy) is 1. The van der Waals surface area contributed by atoms with Crippen LogP contribution in [0.15, 0.2) is 18.2 Å². The van der Waals surface area contributed by atoms with Crippen LogP contribution in [0.1, 0.15) is 11.1 Å². The Hall–Kier alpha value is -0.480. The first-order valence-corrected chi connectivity index (χ1v) is 6.09. The van der Waals surface area contributed by atoms with Gasteiger partial charge in [-0.1, -0.05) is 12.1 Å². The molecule has 0 amide bonds. The summed E-state index contributed by atoms with van der Waals surface area (Å²) in [7, 11) is 0. The van der Waals surface area contributed by atoms with Gasteiger partial charge in [-0.3, -0.25) is 4.90 Å². The lowest BCUT2D eigenvalue weighted by Gasteiger charge is -2.27. The van der Waals surface area contributed by atoms with Crippen LogP contribution >= 0.6 is 24.8 Å². The number of benzene rings is 1. The van der Waals surface area contributed by atoms with E-state index in [9.17, 15) is 0 Å².